The van der Waals surface area contributed by atoms with E-state index < -0.39 is 22.3 Å². The summed E-state index contributed by atoms with van der Waals surface area (Å²) in [4.78, 5) is 22.3. The number of carbonyl (C=O) groups excluding carboxylic acids is 1. The van der Waals surface area contributed by atoms with Crippen LogP contribution in [0.3, 0.4) is 0 Å². The minimum atomic E-state index is -0.690. The van der Waals surface area contributed by atoms with Crippen molar-refractivity contribution >= 4 is 29.9 Å². The number of nitro groups is 1. The minimum absolute atomic E-state index is 0. The van der Waals surface area contributed by atoms with Gasteiger partial charge in [-0.25, -0.2) is 0 Å². The third-order valence-corrected chi connectivity index (χ3v) is 3.79. The smallest absolute Gasteiger partial charge is 0.433 e. The Balaban J connectivity index is 0.00000225. The van der Waals surface area contributed by atoms with Crippen molar-refractivity contribution in [3.8, 4) is 5.75 Å². The Hall–Kier alpha value is -2.74. The van der Waals surface area contributed by atoms with Crippen LogP contribution >= 0.6 is 12.4 Å². The topological polar surface area (TPSA) is 121 Å². The van der Waals surface area contributed by atoms with E-state index in [1.165, 1.54) is 6.07 Å². The predicted octanol–water partition coefficient (Wildman–Crippen LogP) is 3.22. The van der Waals surface area contributed by atoms with Crippen LogP contribution in [-0.4, -0.2) is 16.4 Å². The zero-order chi connectivity index (χ0) is 17.5. The molecule has 1 aliphatic heterocycles. The molecule has 3 N–H and O–H groups in total. The number of halogens is 1. The Morgan fingerprint density at radius 1 is 1.36 bits per heavy atom. The van der Waals surface area contributed by atoms with Crippen molar-refractivity contribution < 1.29 is 18.9 Å². The van der Waals surface area contributed by atoms with E-state index in [0.717, 1.165) is 11.6 Å². The highest BCUT2D eigenvalue weighted by Crippen LogP contribution is 2.40. The van der Waals surface area contributed by atoms with Crippen molar-refractivity contribution in [1.29, 1.82) is 0 Å². The van der Waals surface area contributed by atoms with E-state index in [1.807, 2.05) is 13.8 Å². The molecule has 0 fully saturated rings. The number of hydrogen-bond donors (Lipinski definition) is 2. The summed E-state index contributed by atoms with van der Waals surface area (Å²) in [5.74, 6) is -0.469. The van der Waals surface area contributed by atoms with Gasteiger partial charge in [0.1, 0.15) is 16.3 Å². The van der Waals surface area contributed by atoms with E-state index in [9.17, 15) is 14.9 Å². The third-order valence-electron chi connectivity index (χ3n) is 3.79. The van der Waals surface area contributed by atoms with Gasteiger partial charge >= 0.3 is 5.88 Å². The van der Waals surface area contributed by atoms with E-state index in [2.05, 4.69) is 5.32 Å². The first-order valence-electron chi connectivity index (χ1n) is 7.39. The van der Waals surface area contributed by atoms with Crippen molar-refractivity contribution in [3.05, 3.63) is 51.8 Å². The molecular formula is C16H18ClN3O5. The van der Waals surface area contributed by atoms with Gasteiger partial charge in [0.05, 0.1) is 12.1 Å². The quantitative estimate of drug-likeness (QED) is 0.488. The Labute approximate surface area is 149 Å². The number of hydrogen-bond acceptors (Lipinski definition) is 6. The zero-order valence-electron chi connectivity index (χ0n) is 13.6. The van der Waals surface area contributed by atoms with E-state index >= 15 is 0 Å². The van der Waals surface area contributed by atoms with Crippen molar-refractivity contribution in [2.45, 2.75) is 31.9 Å². The van der Waals surface area contributed by atoms with Gasteiger partial charge in [-0.2, -0.15) is 0 Å². The molecular weight excluding hydrogens is 350 g/mol. The molecule has 0 saturated heterocycles. The van der Waals surface area contributed by atoms with E-state index in [0.29, 0.717) is 17.9 Å². The summed E-state index contributed by atoms with van der Waals surface area (Å²) in [5, 5.41) is 13.5. The SMILES string of the molecule is CC1(C)CC(NC(=O)c2ccc([N+](=O)[O-])o2)c2cc(N)ccc2O1.Cl. The maximum absolute atomic E-state index is 12.4. The van der Waals surface area contributed by atoms with E-state index in [-0.39, 0.29) is 24.2 Å². The number of carbonyl (C=O) groups is 1. The average Bonchev–Trinajstić information content (AvgIpc) is 2.97. The van der Waals surface area contributed by atoms with Crippen LogP contribution in [0.4, 0.5) is 11.6 Å². The number of nitrogens with two attached hydrogens (primary N) is 1. The van der Waals surface area contributed by atoms with Crippen LogP contribution in [0.5, 0.6) is 5.75 Å². The molecule has 1 atom stereocenters. The molecule has 1 unspecified atom stereocenters. The number of anilines is 1. The van der Waals surface area contributed by atoms with Crippen molar-refractivity contribution in [2.24, 2.45) is 0 Å². The second-order valence-electron chi connectivity index (χ2n) is 6.28. The molecule has 9 heteroatoms. The van der Waals surface area contributed by atoms with Crippen LogP contribution in [0.15, 0.2) is 34.7 Å². The lowest BCUT2D eigenvalue weighted by Crippen LogP contribution is -2.41. The number of rotatable bonds is 3. The first kappa shape index (κ1) is 18.6. The first-order valence-corrected chi connectivity index (χ1v) is 7.39. The van der Waals surface area contributed by atoms with Crippen LogP contribution in [0.25, 0.3) is 0 Å². The monoisotopic (exact) mass is 367 g/mol. The number of nitrogen functional groups attached to an aromatic ring is 1. The predicted molar refractivity (Wildman–Crippen MR) is 93.0 cm³/mol. The Morgan fingerprint density at radius 3 is 2.72 bits per heavy atom. The summed E-state index contributed by atoms with van der Waals surface area (Å²) < 4.78 is 10.9. The largest absolute Gasteiger partial charge is 0.487 e. The molecule has 1 aromatic heterocycles. The molecule has 2 aromatic rings. The van der Waals surface area contributed by atoms with E-state index in [4.69, 9.17) is 14.9 Å². The molecule has 0 radical (unpaired) electrons. The van der Waals surface area contributed by atoms with Crippen LogP contribution in [0, 0.1) is 10.1 Å². The van der Waals surface area contributed by atoms with Crippen molar-refractivity contribution in [1.82, 2.24) is 5.32 Å². The highest BCUT2D eigenvalue weighted by molar-refractivity contribution is 5.92. The number of furan rings is 1. The highest BCUT2D eigenvalue weighted by Gasteiger charge is 2.35. The van der Waals surface area contributed by atoms with Crippen LogP contribution in [0.1, 0.15) is 42.4 Å². The summed E-state index contributed by atoms with van der Waals surface area (Å²) in [7, 11) is 0. The second-order valence-corrected chi connectivity index (χ2v) is 6.28. The summed E-state index contributed by atoms with van der Waals surface area (Å²) in [5.41, 5.74) is 6.68. The van der Waals surface area contributed by atoms with Gasteiger partial charge in [-0.3, -0.25) is 14.9 Å². The molecule has 0 saturated carbocycles. The number of ether oxygens (including phenoxy) is 1. The van der Waals surface area contributed by atoms with Crippen molar-refractivity contribution in [2.75, 3.05) is 5.73 Å². The molecule has 2 heterocycles. The summed E-state index contributed by atoms with van der Waals surface area (Å²) >= 11 is 0. The van der Waals surface area contributed by atoms with Crippen LogP contribution in [0.2, 0.25) is 0 Å². The lowest BCUT2D eigenvalue weighted by Gasteiger charge is -2.37. The third kappa shape index (κ3) is 3.85. The summed E-state index contributed by atoms with van der Waals surface area (Å²) in [6.45, 7) is 3.84. The molecule has 0 bridgehead atoms. The van der Waals surface area contributed by atoms with Gasteiger partial charge < -0.3 is 20.2 Å². The molecule has 1 aromatic carbocycles. The number of fused-ring (bicyclic) bond motifs is 1. The number of nitrogens with one attached hydrogen (secondary N) is 1. The molecule has 3 rings (SSSR count). The lowest BCUT2D eigenvalue weighted by molar-refractivity contribution is -0.402. The van der Waals surface area contributed by atoms with Gasteiger partial charge in [0.15, 0.2) is 5.76 Å². The Kier molecular flexibility index (Phi) is 4.94. The zero-order valence-corrected chi connectivity index (χ0v) is 14.5. The lowest BCUT2D eigenvalue weighted by atomic mass is 9.89. The maximum atomic E-state index is 12.4. The standard InChI is InChI=1S/C16H17N3O5.ClH/c1-16(2)8-11(10-7-9(17)3-4-12(10)24-16)18-15(20)13-5-6-14(23-13)19(21)22;/h3-7,11H,8,17H2,1-2H3,(H,18,20);1H. The van der Waals surface area contributed by atoms with Gasteiger partial charge in [0, 0.05) is 17.7 Å². The van der Waals surface area contributed by atoms with Crippen LogP contribution in [-0.2, 0) is 0 Å². The Morgan fingerprint density at radius 2 is 2.08 bits per heavy atom. The summed E-state index contributed by atoms with van der Waals surface area (Å²) in [6, 6.07) is 7.33. The van der Waals surface area contributed by atoms with E-state index in [1.54, 1.807) is 18.2 Å². The number of amides is 1. The molecule has 0 spiro atoms. The number of benzene rings is 1. The fourth-order valence-corrected chi connectivity index (χ4v) is 2.78. The normalized spacial score (nSPS) is 17.6. The molecule has 134 valence electrons. The number of nitrogens with zero attached hydrogens (tertiary/aromatic N) is 1. The molecule has 25 heavy (non-hydrogen) atoms. The fraction of sp³-hybridized carbons (Fsp3) is 0.312. The summed E-state index contributed by atoms with van der Waals surface area (Å²) in [6.07, 6.45) is 0.526. The fourth-order valence-electron chi connectivity index (χ4n) is 2.78. The minimum Gasteiger partial charge on any atom is -0.487 e. The molecule has 1 aliphatic rings. The molecule has 1 amide bonds. The van der Waals surface area contributed by atoms with Gasteiger partial charge in [-0.05, 0) is 38.1 Å². The van der Waals surface area contributed by atoms with Crippen LogP contribution < -0.4 is 15.8 Å². The Bertz CT molecular complexity index is 818. The maximum Gasteiger partial charge on any atom is 0.433 e. The molecule has 0 aliphatic carbocycles. The van der Waals surface area contributed by atoms with Gasteiger partial charge in [-0.1, -0.05) is 0 Å². The van der Waals surface area contributed by atoms with Gasteiger partial charge in [0.2, 0.25) is 0 Å². The van der Waals surface area contributed by atoms with Gasteiger partial charge in [-0.15, -0.1) is 12.4 Å². The average molecular weight is 368 g/mol. The second kappa shape index (κ2) is 6.64. The van der Waals surface area contributed by atoms with Crippen molar-refractivity contribution in [3.63, 3.8) is 0 Å². The van der Waals surface area contributed by atoms with Gasteiger partial charge in [0.25, 0.3) is 5.91 Å². The highest BCUT2D eigenvalue weighted by atomic mass is 35.5. The first-order chi connectivity index (χ1) is 11.2. The molecule has 8 nitrogen and oxygen atoms in total.